The Kier molecular flexibility index (Phi) is 2.64. The monoisotopic (exact) mass is 278 g/mol. The summed E-state index contributed by atoms with van der Waals surface area (Å²) in [5.74, 6) is -0.844. The van der Waals surface area contributed by atoms with Crippen molar-refractivity contribution in [1.82, 2.24) is 0 Å². The van der Waals surface area contributed by atoms with Gasteiger partial charge >= 0.3 is 11.9 Å². The molecule has 1 saturated carbocycles. The molecule has 1 N–H and O–H groups in total. The van der Waals surface area contributed by atoms with Gasteiger partial charge in [0.2, 0.25) is 0 Å². The molecular formula is C16H22O4. The zero-order chi connectivity index (χ0) is 14.8. The van der Waals surface area contributed by atoms with E-state index in [-0.39, 0.29) is 23.2 Å². The second-order valence-electron chi connectivity index (χ2n) is 7.33. The summed E-state index contributed by atoms with van der Waals surface area (Å²) in [5.41, 5.74) is -1.48. The standard InChI is InChI=1S/C16H22O4/c1-14-6-4-7-15(2,13(18)19)10(14)5-8-16(3)11(14)9-12(17)20-16/h5,8,10-11H,4,6-7,9H2,1-3H3,(H,18,19). The molecule has 1 aliphatic heterocycles. The molecule has 2 aliphatic carbocycles. The summed E-state index contributed by atoms with van der Waals surface area (Å²) < 4.78 is 5.52. The predicted molar refractivity (Wildman–Crippen MR) is 72.9 cm³/mol. The van der Waals surface area contributed by atoms with Crippen molar-refractivity contribution < 1.29 is 19.4 Å². The molecule has 2 fully saturated rings. The smallest absolute Gasteiger partial charge is 0.309 e. The molecule has 3 aliphatic rings. The first kappa shape index (κ1) is 13.7. The minimum atomic E-state index is -0.740. The minimum absolute atomic E-state index is 0.0335. The molecule has 0 aromatic rings. The van der Waals surface area contributed by atoms with Gasteiger partial charge in [-0.15, -0.1) is 0 Å². The van der Waals surface area contributed by atoms with Crippen LogP contribution in [0.3, 0.4) is 0 Å². The Morgan fingerprint density at radius 3 is 2.70 bits per heavy atom. The number of carbonyl (C=O) groups is 2. The molecule has 4 heteroatoms. The number of allylic oxidation sites excluding steroid dienone is 1. The summed E-state index contributed by atoms with van der Waals surface area (Å²) >= 11 is 0. The van der Waals surface area contributed by atoms with Crippen LogP contribution < -0.4 is 0 Å². The summed E-state index contributed by atoms with van der Waals surface area (Å²) in [6.07, 6.45) is 6.89. The van der Waals surface area contributed by atoms with E-state index in [4.69, 9.17) is 4.74 Å². The molecule has 1 heterocycles. The van der Waals surface area contributed by atoms with Crippen LogP contribution in [0.1, 0.15) is 46.5 Å². The Morgan fingerprint density at radius 1 is 1.35 bits per heavy atom. The van der Waals surface area contributed by atoms with E-state index in [1.165, 1.54) is 0 Å². The molecule has 5 atom stereocenters. The van der Waals surface area contributed by atoms with Crippen LogP contribution in [0.25, 0.3) is 0 Å². The van der Waals surface area contributed by atoms with E-state index in [1.807, 2.05) is 26.0 Å². The van der Waals surface area contributed by atoms with Gasteiger partial charge in [-0.1, -0.05) is 19.4 Å². The number of esters is 1. The van der Waals surface area contributed by atoms with Crippen LogP contribution in [0.15, 0.2) is 12.2 Å². The Hall–Kier alpha value is -1.32. The largest absolute Gasteiger partial charge is 0.481 e. The number of rotatable bonds is 1. The molecule has 4 nitrogen and oxygen atoms in total. The van der Waals surface area contributed by atoms with Crippen LogP contribution >= 0.6 is 0 Å². The average molecular weight is 278 g/mol. The molecule has 110 valence electrons. The second kappa shape index (κ2) is 3.86. The van der Waals surface area contributed by atoms with Crippen molar-refractivity contribution in [2.45, 2.75) is 52.1 Å². The second-order valence-corrected chi connectivity index (χ2v) is 7.33. The van der Waals surface area contributed by atoms with Crippen LogP contribution in [0.5, 0.6) is 0 Å². The fourth-order valence-electron chi connectivity index (χ4n) is 4.99. The summed E-state index contributed by atoms with van der Waals surface area (Å²) in [6.45, 7) is 5.95. The number of hydrogen-bond donors (Lipinski definition) is 1. The van der Waals surface area contributed by atoms with E-state index in [1.54, 1.807) is 0 Å². The van der Waals surface area contributed by atoms with Gasteiger partial charge in [-0.2, -0.15) is 0 Å². The molecule has 0 bridgehead atoms. The first-order chi connectivity index (χ1) is 9.22. The highest BCUT2D eigenvalue weighted by Gasteiger charge is 2.63. The van der Waals surface area contributed by atoms with Crippen molar-refractivity contribution >= 4 is 11.9 Å². The van der Waals surface area contributed by atoms with E-state index >= 15 is 0 Å². The molecule has 1 saturated heterocycles. The Labute approximate surface area is 119 Å². The normalized spacial score (nSPS) is 50.2. The molecule has 0 amide bonds. The van der Waals surface area contributed by atoms with Crippen molar-refractivity contribution in [3.63, 3.8) is 0 Å². The Bertz CT molecular complexity index is 511. The highest BCUT2D eigenvalue weighted by atomic mass is 16.6. The lowest BCUT2D eigenvalue weighted by Crippen LogP contribution is -2.56. The Morgan fingerprint density at radius 2 is 2.05 bits per heavy atom. The number of aliphatic carboxylic acids is 1. The van der Waals surface area contributed by atoms with E-state index in [0.717, 1.165) is 12.8 Å². The molecule has 0 radical (unpaired) electrons. The summed E-state index contributed by atoms with van der Waals surface area (Å²) in [7, 11) is 0. The fraction of sp³-hybridized carbons (Fsp3) is 0.750. The number of ether oxygens (including phenoxy) is 1. The van der Waals surface area contributed by atoms with Crippen molar-refractivity contribution in [3.8, 4) is 0 Å². The van der Waals surface area contributed by atoms with Crippen LogP contribution in [0.4, 0.5) is 0 Å². The lowest BCUT2D eigenvalue weighted by molar-refractivity contribution is -0.164. The molecule has 3 rings (SSSR count). The maximum absolute atomic E-state index is 11.8. The van der Waals surface area contributed by atoms with E-state index < -0.39 is 17.0 Å². The topological polar surface area (TPSA) is 63.6 Å². The average Bonchev–Trinajstić information content (AvgIpc) is 2.65. The molecule has 0 aromatic heterocycles. The third-order valence-electron chi connectivity index (χ3n) is 6.11. The van der Waals surface area contributed by atoms with Gasteiger partial charge in [0, 0.05) is 5.92 Å². The number of hydrogen-bond acceptors (Lipinski definition) is 3. The zero-order valence-corrected chi connectivity index (χ0v) is 12.3. The lowest BCUT2D eigenvalue weighted by atomic mass is 9.47. The van der Waals surface area contributed by atoms with Gasteiger partial charge in [-0.05, 0) is 44.1 Å². The van der Waals surface area contributed by atoms with Crippen LogP contribution in [0.2, 0.25) is 0 Å². The molecular weight excluding hydrogens is 256 g/mol. The zero-order valence-electron chi connectivity index (χ0n) is 12.3. The van der Waals surface area contributed by atoms with E-state index in [9.17, 15) is 14.7 Å². The van der Waals surface area contributed by atoms with Gasteiger partial charge in [-0.3, -0.25) is 9.59 Å². The Balaban J connectivity index is 2.09. The van der Waals surface area contributed by atoms with E-state index in [0.29, 0.717) is 12.8 Å². The van der Waals surface area contributed by atoms with Gasteiger partial charge < -0.3 is 9.84 Å². The molecule has 20 heavy (non-hydrogen) atoms. The van der Waals surface area contributed by atoms with Crippen LogP contribution in [-0.4, -0.2) is 22.6 Å². The van der Waals surface area contributed by atoms with Gasteiger partial charge in [0.25, 0.3) is 0 Å². The number of fused-ring (bicyclic) bond motifs is 3. The maximum atomic E-state index is 11.8. The molecule has 0 spiro atoms. The number of carboxylic acid groups (broad SMARTS) is 1. The first-order valence-electron chi connectivity index (χ1n) is 7.37. The van der Waals surface area contributed by atoms with Gasteiger partial charge in [0.1, 0.15) is 5.60 Å². The SMILES string of the molecule is CC12C=CC3C(C)(C(=O)O)CCCC3(C)C1CC(=O)O2. The van der Waals surface area contributed by atoms with Crippen molar-refractivity contribution in [3.05, 3.63) is 12.2 Å². The third kappa shape index (κ3) is 1.54. The highest BCUT2D eigenvalue weighted by molar-refractivity contribution is 5.76. The summed E-state index contributed by atoms with van der Waals surface area (Å²) in [4.78, 5) is 23.5. The number of carbonyl (C=O) groups excluding carboxylic acids is 1. The molecule has 0 aromatic carbocycles. The summed E-state index contributed by atoms with van der Waals surface area (Å²) in [6, 6.07) is 0. The lowest BCUT2D eigenvalue weighted by Gasteiger charge is -2.56. The minimum Gasteiger partial charge on any atom is -0.481 e. The highest BCUT2D eigenvalue weighted by Crippen LogP contribution is 2.62. The summed E-state index contributed by atoms with van der Waals surface area (Å²) in [5, 5.41) is 9.68. The van der Waals surface area contributed by atoms with Crippen LogP contribution in [-0.2, 0) is 14.3 Å². The molecule has 5 unspecified atom stereocenters. The van der Waals surface area contributed by atoms with E-state index in [2.05, 4.69) is 6.92 Å². The van der Waals surface area contributed by atoms with Crippen LogP contribution in [0, 0.1) is 22.7 Å². The van der Waals surface area contributed by atoms with Gasteiger partial charge in [0.05, 0.1) is 11.8 Å². The maximum Gasteiger partial charge on any atom is 0.309 e. The third-order valence-corrected chi connectivity index (χ3v) is 6.11. The van der Waals surface area contributed by atoms with Gasteiger partial charge in [0.15, 0.2) is 0 Å². The van der Waals surface area contributed by atoms with Crippen molar-refractivity contribution in [2.75, 3.05) is 0 Å². The van der Waals surface area contributed by atoms with Crippen molar-refractivity contribution in [2.24, 2.45) is 22.7 Å². The van der Waals surface area contributed by atoms with Crippen molar-refractivity contribution in [1.29, 1.82) is 0 Å². The number of carboxylic acids is 1. The fourth-order valence-corrected chi connectivity index (χ4v) is 4.99. The quantitative estimate of drug-likeness (QED) is 0.591. The first-order valence-corrected chi connectivity index (χ1v) is 7.37. The predicted octanol–water partition coefficient (Wildman–Crippen LogP) is 2.78. The van der Waals surface area contributed by atoms with Gasteiger partial charge in [-0.25, -0.2) is 0 Å².